The van der Waals surface area contributed by atoms with Crippen LogP contribution in [0.4, 0.5) is 23.6 Å². The Kier molecular flexibility index (Phi) is 7.39. The van der Waals surface area contributed by atoms with Crippen molar-refractivity contribution in [2.24, 2.45) is 0 Å². The molecule has 9 nitrogen and oxygen atoms in total. The first-order valence-corrected chi connectivity index (χ1v) is 11.8. The van der Waals surface area contributed by atoms with Crippen LogP contribution in [0.3, 0.4) is 0 Å². The van der Waals surface area contributed by atoms with Gasteiger partial charge in [-0.2, -0.15) is 15.0 Å². The summed E-state index contributed by atoms with van der Waals surface area (Å²) in [7, 11) is 0. The van der Waals surface area contributed by atoms with Crippen LogP contribution in [0.15, 0.2) is 28.8 Å². The van der Waals surface area contributed by atoms with E-state index in [4.69, 9.17) is 4.42 Å². The van der Waals surface area contributed by atoms with Gasteiger partial charge in [-0.25, -0.2) is 4.98 Å². The number of aryl methyl sites for hydroxylation is 3. The maximum Gasteiger partial charge on any atom is 0.301 e. The highest BCUT2D eigenvalue weighted by Crippen LogP contribution is 2.22. The zero-order valence-corrected chi connectivity index (χ0v) is 20.1. The second kappa shape index (κ2) is 10.6. The van der Waals surface area contributed by atoms with Gasteiger partial charge in [-0.15, -0.1) is 0 Å². The van der Waals surface area contributed by atoms with Gasteiger partial charge in [-0.05, 0) is 37.9 Å². The van der Waals surface area contributed by atoms with Crippen molar-refractivity contribution in [3.8, 4) is 0 Å². The average molecular weight is 451 g/mol. The molecule has 9 heteroatoms. The van der Waals surface area contributed by atoms with E-state index in [1.165, 1.54) is 17.5 Å². The number of hydrogen-bond acceptors (Lipinski definition) is 9. The van der Waals surface area contributed by atoms with Gasteiger partial charge >= 0.3 is 6.01 Å². The minimum atomic E-state index is 0.375. The molecule has 2 aromatic heterocycles. The lowest BCUT2D eigenvalue weighted by Crippen LogP contribution is -2.47. The van der Waals surface area contributed by atoms with Crippen molar-refractivity contribution in [1.29, 1.82) is 0 Å². The van der Waals surface area contributed by atoms with Crippen LogP contribution in [0.5, 0.6) is 0 Å². The fourth-order valence-electron chi connectivity index (χ4n) is 4.06. The lowest BCUT2D eigenvalue weighted by molar-refractivity contribution is 0.257. The minimum absolute atomic E-state index is 0.375. The SMILES string of the molecule is CCCN1CCN(c2nc(CC)nc(Nc3ncc(CNc4c(C)cccc4C)o3)n2)CC1. The molecule has 4 rings (SSSR count). The first-order chi connectivity index (χ1) is 16.1. The van der Waals surface area contributed by atoms with Crippen LogP contribution < -0.4 is 15.5 Å². The van der Waals surface area contributed by atoms with E-state index < -0.39 is 0 Å². The van der Waals surface area contributed by atoms with Gasteiger partial charge in [-0.1, -0.05) is 32.0 Å². The molecule has 3 aromatic rings. The quantitative estimate of drug-likeness (QED) is 0.503. The van der Waals surface area contributed by atoms with E-state index in [2.05, 4.69) is 79.3 Å². The number of oxazole rings is 1. The van der Waals surface area contributed by atoms with Crippen molar-refractivity contribution < 1.29 is 4.42 Å². The molecule has 1 fully saturated rings. The summed E-state index contributed by atoms with van der Waals surface area (Å²) in [6.07, 6.45) is 3.63. The number of nitrogens with one attached hydrogen (secondary N) is 2. The predicted molar refractivity (Wildman–Crippen MR) is 131 cm³/mol. The van der Waals surface area contributed by atoms with Crippen LogP contribution in [0.1, 0.15) is 43.0 Å². The van der Waals surface area contributed by atoms with Crippen molar-refractivity contribution in [3.63, 3.8) is 0 Å². The van der Waals surface area contributed by atoms with E-state index >= 15 is 0 Å². The zero-order valence-electron chi connectivity index (χ0n) is 20.1. The lowest BCUT2D eigenvalue weighted by atomic mass is 10.1. The summed E-state index contributed by atoms with van der Waals surface area (Å²) < 4.78 is 5.88. The highest BCUT2D eigenvalue weighted by molar-refractivity contribution is 5.56. The van der Waals surface area contributed by atoms with Gasteiger partial charge in [0, 0.05) is 38.3 Å². The van der Waals surface area contributed by atoms with E-state index in [1.54, 1.807) is 6.20 Å². The molecule has 0 unspecified atom stereocenters. The van der Waals surface area contributed by atoms with E-state index in [0.29, 0.717) is 24.5 Å². The number of hydrogen-bond donors (Lipinski definition) is 2. The average Bonchev–Trinajstić information content (AvgIpc) is 3.26. The van der Waals surface area contributed by atoms with Gasteiger partial charge < -0.3 is 14.6 Å². The van der Waals surface area contributed by atoms with Crippen LogP contribution in [-0.4, -0.2) is 57.6 Å². The molecule has 0 saturated carbocycles. The van der Waals surface area contributed by atoms with Crippen LogP contribution in [0, 0.1) is 13.8 Å². The number of para-hydroxylation sites is 1. The van der Waals surface area contributed by atoms with E-state index in [-0.39, 0.29) is 0 Å². The molecule has 0 spiro atoms. The summed E-state index contributed by atoms with van der Waals surface area (Å²) in [6.45, 7) is 14.0. The maximum atomic E-state index is 5.88. The van der Waals surface area contributed by atoms with Crippen LogP contribution in [0.2, 0.25) is 0 Å². The Balaban J connectivity index is 1.42. The lowest BCUT2D eigenvalue weighted by Gasteiger charge is -2.34. The van der Waals surface area contributed by atoms with E-state index in [1.807, 2.05) is 6.92 Å². The zero-order chi connectivity index (χ0) is 23.2. The fourth-order valence-corrected chi connectivity index (χ4v) is 4.06. The topological polar surface area (TPSA) is 95.2 Å². The normalized spacial score (nSPS) is 14.5. The van der Waals surface area contributed by atoms with Crippen molar-refractivity contribution in [3.05, 3.63) is 47.1 Å². The molecule has 0 aliphatic carbocycles. The molecule has 0 atom stereocenters. The number of anilines is 4. The molecular weight excluding hydrogens is 416 g/mol. The Hall–Kier alpha value is -3.20. The third-order valence-electron chi connectivity index (χ3n) is 5.87. The molecule has 2 N–H and O–H groups in total. The number of piperazine rings is 1. The highest BCUT2D eigenvalue weighted by atomic mass is 16.4. The van der Waals surface area contributed by atoms with Gasteiger partial charge in [0.15, 0.2) is 0 Å². The van der Waals surface area contributed by atoms with Crippen LogP contribution in [0.25, 0.3) is 0 Å². The standard InChI is InChI=1S/C24H34N8O/c1-5-10-31-11-13-32(14-12-31)23-28-20(6-2)27-22(29-23)30-24-26-16-19(33-24)15-25-21-17(3)8-7-9-18(21)4/h7-9,16,25H,5-6,10-15H2,1-4H3,(H,26,27,28,29,30). The fraction of sp³-hybridized carbons (Fsp3) is 0.500. The Morgan fingerprint density at radius 2 is 1.76 bits per heavy atom. The van der Waals surface area contributed by atoms with Crippen LogP contribution >= 0.6 is 0 Å². The van der Waals surface area contributed by atoms with Crippen molar-refractivity contribution in [2.75, 3.05) is 48.3 Å². The van der Waals surface area contributed by atoms with Gasteiger partial charge in [0.1, 0.15) is 11.6 Å². The van der Waals surface area contributed by atoms with Crippen LogP contribution in [-0.2, 0) is 13.0 Å². The summed E-state index contributed by atoms with van der Waals surface area (Å²) in [4.78, 5) is 22.9. The summed E-state index contributed by atoms with van der Waals surface area (Å²) in [5, 5.41) is 6.57. The molecule has 1 aromatic carbocycles. The van der Waals surface area contributed by atoms with Crippen molar-refractivity contribution >= 4 is 23.6 Å². The second-order valence-electron chi connectivity index (χ2n) is 8.43. The first kappa shape index (κ1) is 23.0. The Morgan fingerprint density at radius 1 is 1.00 bits per heavy atom. The monoisotopic (exact) mass is 450 g/mol. The number of benzene rings is 1. The summed E-state index contributed by atoms with van der Waals surface area (Å²) >= 11 is 0. The molecule has 176 valence electrons. The highest BCUT2D eigenvalue weighted by Gasteiger charge is 2.20. The van der Waals surface area contributed by atoms with Crippen molar-refractivity contribution in [1.82, 2.24) is 24.8 Å². The predicted octanol–water partition coefficient (Wildman–Crippen LogP) is 3.93. The molecule has 33 heavy (non-hydrogen) atoms. The Morgan fingerprint density at radius 3 is 2.45 bits per heavy atom. The molecular formula is C24H34N8O. The smallest absolute Gasteiger partial charge is 0.301 e. The third-order valence-corrected chi connectivity index (χ3v) is 5.87. The van der Waals surface area contributed by atoms with Crippen molar-refractivity contribution in [2.45, 2.75) is 47.1 Å². The summed E-state index contributed by atoms with van der Waals surface area (Å²) in [6, 6.07) is 6.62. The van der Waals surface area contributed by atoms with E-state index in [0.717, 1.165) is 56.4 Å². The minimum Gasteiger partial charge on any atom is -0.427 e. The number of aromatic nitrogens is 4. The Bertz CT molecular complexity index is 1040. The second-order valence-corrected chi connectivity index (χ2v) is 8.43. The largest absolute Gasteiger partial charge is 0.427 e. The molecule has 1 aliphatic rings. The molecule has 1 saturated heterocycles. The Labute approximate surface area is 195 Å². The molecule has 1 aliphatic heterocycles. The van der Waals surface area contributed by atoms with Gasteiger partial charge in [0.05, 0.1) is 12.7 Å². The van der Waals surface area contributed by atoms with Gasteiger partial charge in [0.2, 0.25) is 11.9 Å². The maximum absolute atomic E-state index is 5.88. The number of nitrogens with zero attached hydrogens (tertiary/aromatic N) is 6. The molecule has 0 amide bonds. The molecule has 3 heterocycles. The van der Waals surface area contributed by atoms with Gasteiger partial charge in [0.25, 0.3) is 0 Å². The summed E-state index contributed by atoms with van der Waals surface area (Å²) in [5.41, 5.74) is 3.53. The third kappa shape index (κ3) is 5.78. The molecule has 0 radical (unpaired) electrons. The van der Waals surface area contributed by atoms with Gasteiger partial charge in [-0.3, -0.25) is 10.2 Å². The summed E-state index contributed by atoms with van der Waals surface area (Å²) in [5.74, 6) is 2.66. The first-order valence-electron chi connectivity index (χ1n) is 11.8. The molecule has 0 bridgehead atoms. The number of rotatable bonds is 9. The van der Waals surface area contributed by atoms with E-state index in [9.17, 15) is 0 Å².